The van der Waals surface area contributed by atoms with E-state index in [1.807, 2.05) is 30.3 Å². The number of hydrogen-bond donors (Lipinski definition) is 1. The molecule has 2 aliphatic rings. The molecule has 4 aromatic carbocycles. The smallest absolute Gasteiger partial charge is 0.264 e. The van der Waals surface area contributed by atoms with E-state index in [4.69, 9.17) is 32.7 Å². The van der Waals surface area contributed by atoms with Crippen molar-refractivity contribution in [2.45, 2.75) is 62.0 Å². The van der Waals surface area contributed by atoms with E-state index in [1.54, 1.807) is 18.2 Å². The van der Waals surface area contributed by atoms with Crippen LogP contribution in [0, 0.1) is 5.82 Å². The number of fused-ring (bicyclic) bond motifs is 1. The molecule has 1 fully saturated rings. The zero-order valence-corrected chi connectivity index (χ0v) is 30.1. The third-order valence-electron chi connectivity index (χ3n) is 9.07. The second kappa shape index (κ2) is 16.4. The Hall–Kier alpha value is -4.32. The first-order valence-corrected chi connectivity index (χ1v) is 19.0. The number of benzene rings is 4. The first kappa shape index (κ1) is 36.5. The van der Waals surface area contributed by atoms with Gasteiger partial charge in [-0.1, -0.05) is 78.9 Å². The monoisotopic (exact) mass is 753 g/mol. The molecule has 0 bridgehead atoms. The van der Waals surface area contributed by atoms with Crippen LogP contribution >= 0.6 is 23.2 Å². The fourth-order valence-corrected chi connectivity index (χ4v) is 8.28. The molecule has 13 heteroatoms. The van der Waals surface area contributed by atoms with E-state index in [0.29, 0.717) is 22.9 Å². The maximum atomic E-state index is 14.8. The van der Waals surface area contributed by atoms with E-state index < -0.39 is 34.3 Å². The zero-order valence-electron chi connectivity index (χ0n) is 27.8. The first-order valence-electron chi connectivity index (χ1n) is 16.8. The predicted octanol–water partition coefficient (Wildman–Crippen LogP) is 7.19. The summed E-state index contributed by atoms with van der Waals surface area (Å²) in [4.78, 5) is 30.3. The van der Waals surface area contributed by atoms with Gasteiger partial charge in [0.05, 0.1) is 10.6 Å². The molecule has 0 saturated heterocycles. The largest absolute Gasteiger partial charge is 0.486 e. The highest BCUT2D eigenvalue weighted by atomic mass is 35.5. The van der Waals surface area contributed by atoms with Crippen molar-refractivity contribution in [2.75, 3.05) is 24.1 Å². The first-order chi connectivity index (χ1) is 24.6. The summed E-state index contributed by atoms with van der Waals surface area (Å²) in [5.74, 6) is -0.973. The average molecular weight is 755 g/mol. The van der Waals surface area contributed by atoms with Crippen molar-refractivity contribution in [1.82, 2.24) is 10.2 Å². The summed E-state index contributed by atoms with van der Waals surface area (Å²) < 4.78 is 55.1. The van der Waals surface area contributed by atoms with E-state index in [0.717, 1.165) is 54.1 Å². The lowest BCUT2D eigenvalue weighted by atomic mass is 9.94. The maximum Gasteiger partial charge on any atom is 0.264 e. The average Bonchev–Trinajstić information content (AvgIpc) is 3.13. The predicted molar refractivity (Wildman–Crippen MR) is 194 cm³/mol. The van der Waals surface area contributed by atoms with Gasteiger partial charge in [-0.2, -0.15) is 0 Å². The lowest BCUT2D eigenvalue weighted by molar-refractivity contribution is -0.140. The second-order valence-corrected chi connectivity index (χ2v) is 15.3. The van der Waals surface area contributed by atoms with Gasteiger partial charge >= 0.3 is 0 Å². The maximum absolute atomic E-state index is 14.8. The Morgan fingerprint density at radius 3 is 2.27 bits per heavy atom. The molecule has 268 valence electrons. The SMILES string of the molecule is O=C(NC1CCCCC1)[C@@H](Cc1ccccc1)N(Cc1ccc(Cl)cc1Cl)C(=O)CN(c1ccc(F)cc1)S(=O)(=O)c1ccc2c(c1)OCCO2. The van der Waals surface area contributed by atoms with Gasteiger partial charge in [0, 0.05) is 35.1 Å². The standard InChI is InChI=1S/C38H38Cl2FN3O6S/c39-28-12-11-27(33(40)22-28)24-43(34(21-26-7-3-1-4-8-26)38(46)42-30-9-5-2-6-10-30)37(45)25-44(31-15-13-29(41)14-16-31)51(47,48)32-17-18-35-36(23-32)50-20-19-49-35/h1,3-4,7-8,11-18,22-23,30,34H,2,5-6,9-10,19-21,24-25H2,(H,42,46)/t34-/m1/s1. The van der Waals surface area contributed by atoms with Gasteiger partial charge < -0.3 is 19.7 Å². The molecule has 9 nitrogen and oxygen atoms in total. The highest BCUT2D eigenvalue weighted by Gasteiger charge is 2.36. The molecule has 6 rings (SSSR count). The van der Waals surface area contributed by atoms with Gasteiger partial charge in [-0.15, -0.1) is 0 Å². The molecule has 1 saturated carbocycles. The zero-order chi connectivity index (χ0) is 36.0. The Morgan fingerprint density at radius 1 is 0.863 bits per heavy atom. The summed E-state index contributed by atoms with van der Waals surface area (Å²) in [6, 6.07) is 22.1. The summed E-state index contributed by atoms with van der Waals surface area (Å²) in [5, 5.41) is 3.85. The van der Waals surface area contributed by atoms with E-state index in [9.17, 15) is 22.4 Å². The van der Waals surface area contributed by atoms with E-state index >= 15 is 0 Å². The fourth-order valence-electron chi connectivity index (χ4n) is 6.38. The molecule has 0 unspecified atom stereocenters. The van der Waals surface area contributed by atoms with Crippen LogP contribution in [0.5, 0.6) is 11.5 Å². The van der Waals surface area contributed by atoms with Crippen molar-refractivity contribution in [2.24, 2.45) is 0 Å². The highest BCUT2D eigenvalue weighted by Crippen LogP contribution is 2.35. The van der Waals surface area contributed by atoms with E-state index in [2.05, 4.69) is 5.32 Å². The molecular formula is C38H38Cl2FN3O6S. The summed E-state index contributed by atoms with van der Waals surface area (Å²) in [7, 11) is -4.46. The molecule has 0 radical (unpaired) electrons. The molecule has 1 N–H and O–H groups in total. The van der Waals surface area contributed by atoms with Crippen LogP contribution in [0.25, 0.3) is 0 Å². The Balaban J connectivity index is 1.41. The molecular weight excluding hydrogens is 716 g/mol. The van der Waals surface area contributed by atoms with Crippen molar-refractivity contribution < 1.29 is 31.9 Å². The van der Waals surface area contributed by atoms with Gasteiger partial charge in [0.2, 0.25) is 11.8 Å². The molecule has 1 aliphatic carbocycles. The van der Waals surface area contributed by atoms with Crippen molar-refractivity contribution in [3.63, 3.8) is 0 Å². The summed E-state index contributed by atoms with van der Waals surface area (Å²) in [6.45, 7) is -0.271. The van der Waals surface area contributed by atoms with Crippen LogP contribution in [0.4, 0.5) is 10.1 Å². The minimum absolute atomic E-state index is 0.0492. The second-order valence-electron chi connectivity index (χ2n) is 12.6. The van der Waals surface area contributed by atoms with E-state index in [1.165, 1.54) is 35.2 Å². The summed E-state index contributed by atoms with van der Waals surface area (Å²) >= 11 is 12.8. The van der Waals surface area contributed by atoms with Crippen LogP contribution in [-0.4, -0.2) is 57.0 Å². The van der Waals surface area contributed by atoms with Gasteiger partial charge in [-0.05, 0) is 72.5 Å². The minimum Gasteiger partial charge on any atom is -0.486 e. The van der Waals surface area contributed by atoms with Crippen LogP contribution in [-0.2, 0) is 32.6 Å². The number of anilines is 1. The van der Waals surface area contributed by atoms with E-state index in [-0.39, 0.29) is 52.9 Å². The number of halogens is 3. The quantitative estimate of drug-likeness (QED) is 0.164. The topological polar surface area (TPSA) is 105 Å². The van der Waals surface area contributed by atoms with Crippen molar-refractivity contribution in [3.8, 4) is 11.5 Å². The summed E-state index contributed by atoms with van der Waals surface area (Å²) in [5.41, 5.74) is 1.37. The van der Waals surface area contributed by atoms with Crippen LogP contribution < -0.4 is 19.1 Å². The molecule has 4 aromatic rings. The van der Waals surface area contributed by atoms with Gasteiger partial charge in [0.15, 0.2) is 11.5 Å². The number of ether oxygens (including phenoxy) is 2. The van der Waals surface area contributed by atoms with Crippen molar-refractivity contribution in [3.05, 3.63) is 118 Å². The number of carbonyl (C=O) groups excluding carboxylic acids is 2. The van der Waals surface area contributed by atoms with Crippen LogP contribution in [0.3, 0.4) is 0 Å². The molecule has 51 heavy (non-hydrogen) atoms. The van der Waals surface area contributed by atoms with Gasteiger partial charge in [-0.25, -0.2) is 12.8 Å². The Morgan fingerprint density at radius 2 is 1.57 bits per heavy atom. The normalized spacial score (nSPS) is 15.1. The Bertz CT molecular complexity index is 1960. The molecule has 0 aromatic heterocycles. The highest BCUT2D eigenvalue weighted by molar-refractivity contribution is 7.92. The third kappa shape index (κ3) is 8.95. The number of rotatable bonds is 12. The number of amides is 2. The number of nitrogens with one attached hydrogen (secondary N) is 1. The molecule has 1 atom stereocenters. The Labute approximate surface area is 307 Å². The minimum atomic E-state index is -4.46. The molecule has 1 heterocycles. The number of carbonyl (C=O) groups is 2. The van der Waals surface area contributed by atoms with Crippen LogP contribution in [0.1, 0.15) is 43.2 Å². The lowest BCUT2D eigenvalue weighted by Crippen LogP contribution is -2.55. The van der Waals surface area contributed by atoms with Crippen molar-refractivity contribution >= 4 is 50.7 Å². The van der Waals surface area contributed by atoms with Gasteiger partial charge in [-0.3, -0.25) is 13.9 Å². The van der Waals surface area contributed by atoms with Crippen molar-refractivity contribution in [1.29, 1.82) is 0 Å². The van der Waals surface area contributed by atoms with Crippen LogP contribution in [0.2, 0.25) is 10.0 Å². The Kier molecular flexibility index (Phi) is 11.7. The fraction of sp³-hybridized carbons (Fsp3) is 0.316. The van der Waals surface area contributed by atoms with Crippen LogP contribution in [0.15, 0.2) is 95.9 Å². The number of nitrogens with zero attached hydrogens (tertiary/aromatic N) is 2. The molecule has 1 aliphatic heterocycles. The molecule has 2 amide bonds. The third-order valence-corrected chi connectivity index (χ3v) is 11.4. The number of sulfonamides is 1. The van der Waals surface area contributed by atoms with Gasteiger partial charge in [0.25, 0.3) is 10.0 Å². The summed E-state index contributed by atoms with van der Waals surface area (Å²) in [6.07, 6.45) is 4.88. The number of hydrogen-bond acceptors (Lipinski definition) is 6. The lowest BCUT2D eigenvalue weighted by Gasteiger charge is -2.35. The molecule has 0 spiro atoms. The van der Waals surface area contributed by atoms with Gasteiger partial charge in [0.1, 0.15) is 31.6 Å².